The molecule has 2 aromatic heterocycles. The van der Waals surface area contributed by atoms with E-state index in [4.69, 9.17) is 17.0 Å². The maximum Gasteiger partial charge on any atom is 0.174 e. The van der Waals surface area contributed by atoms with Crippen molar-refractivity contribution >= 4 is 23.0 Å². The summed E-state index contributed by atoms with van der Waals surface area (Å²) in [6.45, 7) is 4.10. The summed E-state index contributed by atoms with van der Waals surface area (Å²) < 4.78 is 6.08. The summed E-state index contributed by atoms with van der Waals surface area (Å²) in [5.74, 6) is 1.64. The molecule has 1 aliphatic heterocycles. The van der Waals surface area contributed by atoms with Gasteiger partial charge in [-0.3, -0.25) is 4.98 Å². The molecule has 0 saturated carbocycles. The minimum Gasteiger partial charge on any atom is -0.457 e. The molecule has 0 unspecified atom stereocenters. The summed E-state index contributed by atoms with van der Waals surface area (Å²) in [5, 5.41) is 4.15. The van der Waals surface area contributed by atoms with Crippen LogP contribution in [0.4, 0.5) is 5.69 Å². The third-order valence-corrected chi connectivity index (χ3v) is 6.02. The van der Waals surface area contributed by atoms with Gasteiger partial charge in [0.05, 0.1) is 11.7 Å². The Labute approximate surface area is 193 Å². The highest BCUT2D eigenvalue weighted by Crippen LogP contribution is 2.41. The molecule has 0 radical (unpaired) electrons. The third kappa shape index (κ3) is 3.85. The number of nitrogens with one attached hydrogen (secondary N) is 2. The second-order valence-electron chi connectivity index (χ2n) is 7.95. The summed E-state index contributed by atoms with van der Waals surface area (Å²) in [7, 11) is 0. The molecule has 4 aromatic rings. The first-order valence-corrected chi connectivity index (χ1v) is 11.0. The van der Waals surface area contributed by atoms with Gasteiger partial charge < -0.3 is 19.9 Å². The van der Waals surface area contributed by atoms with Crippen molar-refractivity contribution in [3.63, 3.8) is 0 Å². The predicted molar refractivity (Wildman–Crippen MR) is 131 cm³/mol. The molecule has 3 heterocycles. The van der Waals surface area contributed by atoms with Crippen molar-refractivity contribution in [2.24, 2.45) is 0 Å². The normalized spacial score (nSPS) is 17.9. The molecule has 2 aromatic carbocycles. The average molecular weight is 441 g/mol. The molecule has 6 heteroatoms. The van der Waals surface area contributed by atoms with Crippen LogP contribution in [0.5, 0.6) is 11.5 Å². The maximum atomic E-state index is 6.08. The fourth-order valence-corrected chi connectivity index (χ4v) is 4.47. The molecule has 1 saturated heterocycles. The van der Waals surface area contributed by atoms with E-state index in [-0.39, 0.29) is 12.1 Å². The second kappa shape index (κ2) is 8.48. The van der Waals surface area contributed by atoms with E-state index in [1.54, 1.807) is 0 Å². The molecule has 2 atom stereocenters. The van der Waals surface area contributed by atoms with Gasteiger partial charge in [0, 0.05) is 23.3 Å². The van der Waals surface area contributed by atoms with Gasteiger partial charge in [-0.2, -0.15) is 0 Å². The molecule has 0 aliphatic carbocycles. The number of pyridine rings is 1. The summed E-state index contributed by atoms with van der Waals surface area (Å²) in [5.41, 5.74) is 5.25. The minimum atomic E-state index is -0.0651. The van der Waals surface area contributed by atoms with Crippen LogP contribution in [0.1, 0.15) is 34.7 Å². The topological polar surface area (TPSA) is 53.2 Å². The molecule has 160 valence electrons. The van der Waals surface area contributed by atoms with Crippen molar-refractivity contribution < 1.29 is 4.74 Å². The molecule has 1 aliphatic rings. The summed E-state index contributed by atoms with van der Waals surface area (Å²) in [4.78, 5) is 10.2. The van der Waals surface area contributed by atoms with Crippen LogP contribution < -0.4 is 15.0 Å². The van der Waals surface area contributed by atoms with Gasteiger partial charge in [0.25, 0.3) is 0 Å². The number of anilines is 1. The SMILES string of the molecule is Cc1ccc([C@H]2[C@@H](c3ccccn3)NC(=S)N2c2ccc(Oc3ccccc3C)cc2)[nH]1. The Morgan fingerprint density at radius 1 is 0.906 bits per heavy atom. The Bertz CT molecular complexity index is 1240. The van der Waals surface area contributed by atoms with Crippen molar-refractivity contribution in [1.82, 2.24) is 15.3 Å². The number of ether oxygens (including phenoxy) is 1. The first-order valence-electron chi connectivity index (χ1n) is 10.6. The lowest BCUT2D eigenvalue weighted by Crippen LogP contribution is -2.29. The lowest BCUT2D eigenvalue weighted by molar-refractivity contribution is 0.479. The van der Waals surface area contributed by atoms with E-state index >= 15 is 0 Å². The second-order valence-corrected chi connectivity index (χ2v) is 8.34. The largest absolute Gasteiger partial charge is 0.457 e. The zero-order chi connectivity index (χ0) is 22.1. The van der Waals surface area contributed by atoms with Crippen molar-refractivity contribution in [3.8, 4) is 11.5 Å². The van der Waals surface area contributed by atoms with Crippen LogP contribution in [0.3, 0.4) is 0 Å². The van der Waals surface area contributed by atoms with Crippen LogP contribution in [-0.2, 0) is 0 Å². The van der Waals surface area contributed by atoms with Gasteiger partial charge in [0.1, 0.15) is 17.5 Å². The van der Waals surface area contributed by atoms with E-state index in [0.717, 1.165) is 39.8 Å². The van der Waals surface area contributed by atoms with Gasteiger partial charge in [-0.15, -0.1) is 0 Å². The summed E-state index contributed by atoms with van der Waals surface area (Å²) >= 11 is 5.78. The fourth-order valence-electron chi connectivity index (χ4n) is 4.12. The van der Waals surface area contributed by atoms with Crippen LogP contribution >= 0.6 is 12.2 Å². The van der Waals surface area contributed by atoms with Crippen molar-refractivity contribution in [2.75, 3.05) is 4.90 Å². The highest BCUT2D eigenvalue weighted by atomic mass is 32.1. The van der Waals surface area contributed by atoms with Crippen LogP contribution in [0.25, 0.3) is 0 Å². The number of rotatable bonds is 5. The predicted octanol–water partition coefficient (Wildman–Crippen LogP) is 6.00. The van der Waals surface area contributed by atoms with E-state index in [9.17, 15) is 0 Å². The lowest BCUT2D eigenvalue weighted by Gasteiger charge is -2.27. The zero-order valence-electron chi connectivity index (χ0n) is 17.9. The number of nitrogens with zero attached hydrogens (tertiary/aromatic N) is 2. The molecule has 0 bridgehead atoms. The number of para-hydroxylation sites is 1. The van der Waals surface area contributed by atoms with E-state index in [1.807, 2.05) is 79.9 Å². The van der Waals surface area contributed by atoms with Crippen molar-refractivity contribution in [3.05, 3.63) is 108 Å². The number of aryl methyl sites for hydroxylation is 2. The maximum absolute atomic E-state index is 6.08. The zero-order valence-corrected chi connectivity index (χ0v) is 18.8. The van der Waals surface area contributed by atoms with Gasteiger partial charge in [-0.05, 0) is 86.2 Å². The van der Waals surface area contributed by atoms with E-state index in [2.05, 4.69) is 39.2 Å². The molecule has 0 spiro atoms. The first-order chi connectivity index (χ1) is 15.6. The van der Waals surface area contributed by atoms with Gasteiger partial charge in [-0.25, -0.2) is 0 Å². The Morgan fingerprint density at radius 2 is 1.69 bits per heavy atom. The Morgan fingerprint density at radius 3 is 2.38 bits per heavy atom. The molecular formula is C26H24N4OS. The smallest absolute Gasteiger partial charge is 0.174 e. The van der Waals surface area contributed by atoms with E-state index in [0.29, 0.717) is 5.11 Å². The number of benzene rings is 2. The van der Waals surface area contributed by atoms with Crippen LogP contribution in [0.15, 0.2) is 85.1 Å². The minimum absolute atomic E-state index is 0.0470. The van der Waals surface area contributed by atoms with Gasteiger partial charge >= 0.3 is 0 Å². The first kappa shape index (κ1) is 20.3. The van der Waals surface area contributed by atoms with Crippen LogP contribution in [0.2, 0.25) is 0 Å². The molecule has 0 amide bonds. The number of aromatic nitrogens is 2. The lowest BCUT2D eigenvalue weighted by atomic mass is 10.0. The fraction of sp³-hybridized carbons (Fsp3) is 0.154. The quantitative estimate of drug-likeness (QED) is 0.373. The van der Waals surface area contributed by atoms with Crippen LogP contribution in [0, 0.1) is 13.8 Å². The molecule has 5 nitrogen and oxygen atoms in total. The summed E-state index contributed by atoms with van der Waals surface area (Å²) in [6, 6.07) is 26.1. The average Bonchev–Trinajstić information content (AvgIpc) is 3.39. The van der Waals surface area contributed by atoms with Gasteiger partial charge in [0.15, 0.2) is 5.11 Å². The monoisotopic (exact) mass is 440 g/mol. The molecule has 5 rings (SSSR count). The summed E-state index contributed by atoms with van der Waals surface area (Å²) in [6.07, 6.45) is 1.82. The highest BCUT2D eigenvalue weighted by molar-refractivity contribution is 7.80. The number of hydrogen-bond acceptors (Lipinski definition) is 3. The third-order valence-electron chi connectivity index (χ3n) is 5.71. The molecule has 2 N–H and O–H groups in total. The van der Waals surface area contributed by atoms with Gasteiger partial charge in [0.2, 0.25) is 0 Å². The Kier molecular flexibility index (Phi) is 5.37. The standard InChI is InChI=1S/C26H24N4OS/c1-17-7-3-4-9-23(17)31-20-13-11-19(12-14-20)30-25(22-15-10-18(2)28-22)24(29-26(30)32)21-8-5-6-16-27-21/h3-16,24-25,28H,1-2H3,(H,29,32)/t24-,25+/m1/s1. The molecule has 1 fully saturated rings. The Balaban J connectivity index is 1.48. The van der Waals surface area contributed by atoms with E-state index < -0.39 is 0 Å². The van der Waals surface area contributed by atoms with Crippen molar-refractivity contribution in [1.29, 1.82) is 0 Å². The van der Waals surface area contributed by atoms with E-state index in [1.165, 1.54) is 0 Å². The number of hydrogen-bond donors (Lipinski definition) is 2. The van der Waals surface area contributed by atoms with Gasteiger partial charge in [-0.1, -0.05) is 24.3 Å². The van der Waals surface area contributed by atoms with Crippen molar-refractivity contribution in [2.45, 2.75) is 25.9 Å². The molecular weight excluding hydrogens is 416 g/mol. The number of thiocarbonyl (C=S) groups is 1. The molecule has 32 heavy (non-hydrogen) atoms. The number of H-pyrrole nitrogens is 1. The highest BCUT2D eigenvalue weighted by Gasteiger charge is 2.41. The Hall–Kier alpha value is -3.64. The van der Waals surface area contributed by atoms with Crippen LogP contribution in [-0.4, -0.2) is 15.1 Å². The number of aromatic amines is 1.